The lowest BCUT2D eigenvalue weighted by Gasteiger charge is -2.26. The molecule has 2 aromatic heterocycles. The van der Waals surface area contributed by atoms with E-state index in [2.05, 4.69) is 10.1 Å². The number of nitrogens with two attached hydrogens (primary N) is 1. The number of ether oxygens (including phenoxy) is 4. The summed E-state index contributed by atoms with van der Waals surface area (Å²) >= 11 is 0. The summed E-state index contributed by atoms with van der Waals surface area (Å²) in [5.74, 6) is -1.23. The van der Waals surface area contributed by atoms with Crippen LogP contribution in [-0.4, -0.2) is 51.8 Å². The molecule has 0 unspecified atom stereocenters. The fourth-order valence-electron chi connectivity index (χ4n) is 3.19. The molecule has 0 radical (unpaired) electrons. The Hall–Kier alpha value is -2.74. The number of nitrogen functional groups attached to an aromatic ring is 1. The van der Waals surface area contributed by atoms with Gasteiger partial charge in [0.25, 0.3) is 0 Å². The van der Waals surface area contributed by atoms with Crippen LogP contribution in [0, 0.1) is 17.2 Å². The fourth-order valence-corrected chi connectivity index (χ4v) is 3.19. The highest BCUT2D eigenvalue weighted by atomic mass is 16.8. The lowest BCUT2D eigenvalue weighted by Crippen LogP contribution is -2.39. The van der Waals surface area contributed by atoms with Gasteiger partial charge in [0, 0.05) is 0 Å². The third kappa shape index (κ3) is 4.48. The molecule has 0 aliphatic carbocycles. The van der Waals surface area contributed by atoms with E-state index in [1.54, 1.807) is 38.3 Å². The smallest absolute Gasteiger partial charge is 0.308 e. The van der Waals surface area contributed by atoms with Gasteiger partial charge in [-0.1, -0.05) is 13.8 Å². The van der Waals surface area contributed by atoms with Crippen molar-refractivity contribution in [2.45, 2.75) is 51.8 Å². The summed E-state index contributed by atoms with van der Waals surface area (Å²) in [6, 6.07) is 5.55. The first kappa shape index (κ1) is 21.0. The van der Waals surface area contributed by atoms with Crippen molar-refractivity contribution in [2.24, 2.45) is 5.92 Å². The topological polar surface area (TPSA) is 134 Å². The van der Waals surface area contributed by atoms with Gasteiger partial charge >= 0.3 is 5.97 Å². The van der Waals surface area contributed by atoms with Gasteiger partial charge in [-0.3, -0.25) is 4.79 Å². The summed E-state index contributed by atoms with van der Waals surface area (Å²) < 4.78 is 24.8. The zero-order valence-electron chi connectivity index (χ0n) is 16.9. The van der Waals surface area contributed by atoms with Crippen LogP contribution < -0.4 is 5.73 Å². The normalized spacial score (nSPS) is 21.9. The summed E-state index contributed by atoms with van der Waals surface area (Å²) in [5.41, 5.74) is 7.25. The summed E-state index contributed by atoms with van der Waals surface area (Å²) in [6.07, 6.45) is -0.597. The third-order valence-corrected chi connectivity index (χ3v) is 4.52. The Bertz CT molecular complexity index is 919. The molecule has 1 fully saturated rings. The third-order valence-electron chi connectivity index (χ3n) is 4.52. The molecule has 0 bridgehead atoms. The average Bonchev–Trinajstić information content (AvgIpc) is 3.22. The molecule has 0 saturated carbocycles. The number of fused-ring (bicyclic) bond motifs is 1. The molecular formula is C19H25N5O5. The Labute approximate surface area is 168 Å². The fraction of sp³-hybridized carbons (Fsp3) is 0.579. The standard InChI is InChI=1S/C19H25N5O5/c1-11(2)18(25)27-9-14(26-8-7-20)16-15(28-19(3,4)29-16)12-5-6-13-17(21)22-10-23-24(12)13/h5-6,10-11,14-16H,8-9H2,1-4H3,(H2,21,22,23)/t14-,15+,16-/m1/s1. The Morgan fingerprint density at radius 2 is 2.17 bits per heavy atom. The molecule has 2 aromatic rings. The van der Waals surface area contributed by atoms with Crippen molar-refractivity contribution in [1.29, 1.82) is 5.26 Å². The Balaban J connectivity index is 1.92. The predicted octanol–water partition coefficient (Wildman–Crippen LogP) is 1.61. The van der Waals surface area contributed by atoms with Crippen LogP contribution in [0.15, 0.2) is 18.5 Å². The van der Waals surface area contributed by atoms with E-state index in [1.165, 1.54) is 6.33 Å². The van der Waals surface area contributed by atoms with Gasteiger partial charge < -0.3 is 24.7 Å². The van der Waals surface area contributed by atoms with E-state index in [-0.39, 0.29) is 25.1 Å². The summed E-state index contributed by atoms with van der Waals surface area (Å²) in [7, 11) is 0. The molecule has 10 heteroatoms. The molecule has 156 valence electrons. The van der Waals surface area contributed by atoms with Crippen LogP contribution in [-0.2, 0) is 23.7 Å². The zero-order valence-corrected chi connectivity index (χ0v) is 16.9. The van der Waals surface area contributed by atoms with E-state index in [0.717, 1.165) is 0 Å². The number of esters is 1. The van der Waals surface area contributed by atoms with Crippen molar-refractivity contribution in [1.82, 2.24) is 14.6 Å². The second-order valence-corrected chi connectivity index (χ2v) is 7.51. The molecule has 3 heterocycles. The highest BCUT2D eigenvalue weighted by molar-refractivity contribution is 5.71. The quantitative estimate of drug-likeness (QED) is 0.684. The van der Waals surface area contributed by atoms with E-state index in [0.29, 0.717) is 17.0 Å². The maximum atomic E-state index is 11.9. The van der Waals surface area contributed by atoms with Crippen LogP contribution in [0.3, 0.4) is 0 Å². The minimum atomic E-state index is -0.922. The highest BCUT2D eigenvalue weighted by Gasteiger charge is 2.48. The van der Waals surface area contributed by atoms with Crippen molar-refractivity contribution >= 4 is 17.3 Å². The van der Waals surface area contributed by atoms with Gasteiger partial charge in [0.2, 0.25) is 0 Å². The van der Waals surface area contributed by atoms with Gasteiger partial charge in [-0.2, -0.15) is 10.4 Å². The van der Waals surface area contributed by atoms with Crippen molar-refractivity contribution in [2.75, 3.05) is 18.9 Å². The number of nitriles is 1. The molecule has 29 heavy (non-hydrogen) atoms. The van der Waals surface area contributed by atoms with Crippen molar-refractivity contribution in [3.05, 3.63) is 24.2 Å². The minimum Gasteiger partial charge on any atom is -0.463 e. The van der Waals surface area contributed by atoms with E-state index in [4.69, 9.17) is 29.9 Å². The van der Waals surface area contributed by atoms with Crippen LogP contribution >= 0.6 is 0 Å². The van der Waals surface area contributed by atoms with Crippen molar-refractivity contribution in [3.63, 3.8) is 0 Å². The number of rotatable bonds is 7. The molecule has 0 spiro atoms. The van der Waals surface area contributed by atoms with Crippen LogP contribution in [0.25, 0.3) is 5.52 Å². The van der Waals surface area contributed by atoms with Crippen molar-refractivity contribution in [3.8, 4) is 6.07 Å². The van der Waals surface area contributed by atoms with E-state index < -0.39 is 24.1 Å². The van der Waals surface area contributed by atoms with Crippen LogP contribution in [0.2, 0.25) is 0 Å². The average molecular weight is 403 g/mol. The predicted molar refractivity (Wildman–Crippen MR) is 101 cm³/mol. The molecule has 1 aliphatic heterocycles. The molecule has 0 amide bonds. The van der Waals surface area contributed by atoms with Gasteiger partial charge in [-0.15, -0.1) is 0 Å². The van der Waals surface area contributed by atoms with Gasteiger partial charge in [0.15, 0.2) is 11.6 Å². The molecule has 0 aromatic carbocycles. The maximum absolute atomic E-state index is 11.9. The zero-order chi connectivity index (χ0) is 21.2. The van der Waals surface area contributed by atoms with Gasteiger partial charge in [0.1, 0.15) is 43.4 Å². The highest BCUT2D eigenvalue weighted by Crippen LogP contribution is 2.41. The van der Waals surface area contributed by atoms with Crippen molar-refractivity contribution < 1.29 is 23.7 Å². The number of hydrogen-bond acceptors (Lipinski definition) is 9. The van der Waals surface area contributed by atoms with E-state index >= 15 is 0 Å². The lowest BCUT2D eigenvalue weighted by atomic mass is 10.1. The minimum absolute atomic E-state index is 0.0697. The molecule has 3 atom stereocenters. The van der Waals surface area contributed by atoms with E-state index in [1.807, 2.05) is 12.1 Å². The Kier molecular flexibility index (Phi) is 6.02. The molecule has 10 nitrogen and oxygen atoms in total. The first-order valence-electron chi connectivity index (χ1n) is 9.32. The monoisotopic (exact) mass is 403 g/mol. The van der Waals surface area contributed by atoms with Crippen LogP contribution in [0.5, 0.6) is 0 Å². The number of carbonyl (C=O) groups excluding carboxylic acids is 1. The molecule has 1 saturated heterocycles. The SMILES string of the molecule is CC(C)C(=O)OC[C@@H](OCC#N)[C@H]1OC(C)(C)O[C@H]1c1ccc2c(N)ncnn12. The lowest BCUT2D eigenvalue weighted by molar-refractivity contribution is -0.169. The Morgan fingerprint density at radius 3 is 2.86 bits per heavy atom. The largest absolute Gasteiger partial charge is 0.463 e. The molecule has 3 rings (SSSR count). The number of aromatic nitrogens is 3. The van der Waals surface area contributed by atoms with Crippen LogP contribution in [0.1, 0.15) is 39.5 Å². The van der Waals surface area contributed by atoms with Gasteiger partial charge in [0.05, 0.1) is 17.7 Å². The number of hydrogen-bond donors (Lipinski definition) is 1. The van der Waals surface area contributed by atoms with Crippen LogP contribution in [0.4, 0.5) is 5.82 Å². The number of nitrogens with zero attached hydrogens (tertiary/aromatic N) is 4. The Morgan fingerprint density at radius 1 is 1.41 bits per heavy atom. The summed E-state index contributed by atoms with van der Waals surface area (Å²) in [5, 5.41) is 13.2. The number of anilines is 1. The maximum Gasteiger partial charge on any atom is 0.308 e. The molecular weight excluding hydrogens is 378 g/mol. The second kappa shape index (κ2) is 8.32. The second-order valence-electron chi connectivity index (χ2n) is 7.51. The summed E-state index contributed by atoms with van der Waals surface area (Å²) in [6.45, 7) is 6.79. The van der Waals surface area contributed by atoms with Gasteiger partial charge in [-0.25, -0.2) is 9.50 Å². The number of carbonyl (C=O) groups is 1. The van der Waals surface area contributed by atoms with Gasteiger partial charge in [-0.05, 0) is 26.0 Å². The first-order chi connectivity index (χ1) is 13.7. The molecule has 2 N–H and O–H groups in total. The first-order valence-corrected chi connectivity index (χ1v) is 9.32. The summed E-state index contributed by atoms with van der Waals surface area (Å²) in [4.78, 5) is 15.9. The molecule has 1 aliphatic rings. The van der Waals surface area contributed by atoms with E-state index in [9.17, 15) is 4.79 Å².